The second-order valence-corrected chi connectivity index (χ2v) is 4.06. The lowest BCUT2D eigenvalue weighted by Crippen LogP contribution is -2.28. The lowest BCUT2D eigenvalue weighted by molar-refractivity contribution is -0.119. The number of carbonyl (C=O) groups excluding carboxylic acids is 2. The van der Waals surface area contributed by atoms with Crippen molar-refractivity contribution < 1.29 is 9.59 Å². The molecule has 16 heavy (non-hydrogen) atoms. The number of rotatable bonds is 2. The van der Waals surface area contributed by atoms with Crippen LogP contribution in [-0.2, 0) is 4.79 Å². The van der Waals surface area contributed by atoms with Crippen molar-refractivity contribution in [3.63, 3.8) is 0 Å². The predicted molar refractivity (Wildman–Crippen MR) is 61.1 cm³/mol. The molecule has 1 heterocycles. The minimum absolute atomic E-state index is 0.0286. The molecule has 0 aromatic heterocycles. The van der Waals surface area contributed by atoms with E-state index in [1.807, 2.05) is 6.92 Å². The van der Waals surface area contributed by atoms with E-state index in [0.29, 0.717) is 17.8 Å². The summed E-state index contributed by atoms with van der Waals surface area (Å²) in [7, 11) is 0. The summed E-state index contributed by atoms with van der Waals surface area (Å²) in [5.41, 5.74) is 6.32. The number of benzene rings is 1. The molecule has 84 valence electrons. The number of nitrogens with zero attached hydrogens (tertiary/aromatic N) is 1. The van der Waals surface area contributed by atoms with Gasteiger partial charge in [-0.05, 0) is 18.6 Å². The van der Waals surface area contributed by atoms with E-state index in [0.717, 1.165) is 6.42 Å². The fraction of sp³-hybridized carbons (Fsp3) is 0.333. The molecule has 0 bridgehead atoms. The maximum atomic E-state index is 11.9. The molecule has 1 aromatic carbocycles. The maximum absolute atomic E-state index is 11.9. The summed E-state index contributed by atoms with van der Waals surface area (Å²) in [6, 6.07) is 6.95. The van der Waals surface area contributed by atoms with Gasteiger partial charge in [0.1, 0.15) is 0 Å². The number of carbonyl (C=O) groups is 2. The highest BCUT2D eigenvalue weighted by Gasteiger charge is 2.30. The fourth-order valence-electron chi connectivity index (χ4n) is 1.98. The molecule has 0 aliphatic carbocycles. The zero-order valence-corrected chi connectivity index (χ0v) is 9.14. The van der Waals surface area contributed by atoms with Gasteiger partial charge < -0.3 is 10.6 Å². The third kappa shape index (κ3) is 1.66. The van der Waals surface area contributed by atoms with Gasteiger partial charge in [0.05, 0.1) is 11.3 Å². The van der Waals surface area contributed by atoms with Crippen LogP contribution in [0, 0.1) is 5.92 Å². The Morgan fingerprint density at radius 3 is 2.69 bits per heavy atom. The molecule has 0 spiro atoms. The number of anilines is 1. The Labute approximate surface area is 94.0 Å². The Kier molecular flexibility index (Phi) is 2.64. The van der Waals surface area contributed by atoms with Gasteiger partial charge in [0, 0.05) is 12.5 Å². The van der Waals surface area contributed by atoms with E-state index in [-0.39, 0.29) is 11.8 Å². The lowest BCUT2D eigenvalue weighted by Gasteiger charge is -2.18. The second kappa shape index (κ2) is 3.96. The monoisotopic (exact) mass is 218 g/mol. The van der Waals surface area contributed by atoms with Gasteiger partial charge in [-0.2, -0.15) is 0 Å². The average molecular weight is 218 g/mol. The Balaban J connectivity index is 2.41. The molecule has 1 saturated heterocycles. The van der Waals surface area contributed by atoms with Gasteiger partial charge in [-0.3, -0.25) is 9.59 Å². The van der Waals surface area contributed by atoms with E-state index in [1.165, 1.54) is 0 Å². The highest BCUT2D eigenvalue weighted by molar-refractivity contribution is 6.05. The van der Waals surface area contributed by atoms with Crippen LogP contribution in [0.3, 0.4) is 0 Å². The molecule has 2 rings (SSSR count). The van der Waals surface area contributed by atoms with Crippen LogP contribution < -0.4 is 10.6 Å². The molecule has 4 nitrogen and oxygen atoms in total. The molecular weight excluding hydrogens is 204 g/mol. The fourth-order valence-corrected chi connectivity index (χ4v) is 1.98. The summed E-state index contributed by atoms with van der Waals surface area (Å²) in [6.45, 7) is 2.56. The van der Waals surface area contributed by atoms with Gasteiger partial charge in [0.15, 0.2) is 0 Å². The molecule has 0 saturated carbocycles. The van der Waals surface area contributed by atoms with Crippen LogP contribution >= 0.6 is 0 Å². The van der Waals surface area contributed by atoms with Gasteiger partial charge in [-0.15, -0.1) is 0 Å². The largest absolute Gasteiger partial charge is 0.366 e. The predicted octanol–water partition coefficient (Wildman–Crippen LogP) is 1.16. The molecular formula is C12H14N2O2. The van der Waals surface area contributed by atoms with Crippen LogP contribution in [0.2, 0.25) is 0 Å². The Morgan fingerprint density at radius 1 is 1.44 bits per heavy atom. The molecule has 1 fully saturated rings. The van der Waals surface area contributed by atoms with Crippen molar-refractivity contribution in [2.45, 2.75) is 13.3 Å². The van der Waals surface area contributed by atoms with Gasteiger partial charge >= 0.3 is 0 Å². The van der Waals surface area contributed by atoms with Gasteiger partial charge in [-0.1, -0.05) is 19.1 Å². The second-order valence-electron chi connectivity index (χ2n) is 4.06. The number of hydrogen-bond acceptors (Lipinski definition) is 2. The molecule has 0 radical (unpaired) electrons. The zero-order valence-electron chi connectivity index (χ0n) is 9.14. The SMILES string of the molecule is CC1CCN(c2ccccc2C(N)=O)C1=O. The van der Waals surface area contributed by atoms with Crippen molar-refractivity contribution in [2.24, 2.45) is 11.7 Å². The van der Waals surface area contributed by atoms with Crippen LogP contribution in [0.4, 0.5) is 5.69 Å². The van der Waals surface area contributed by atoms with Gasteiger partial charge in [0.25, 0.3) is 5.91 Å². The highest BCUT2D eigenvalue weighted by Crippen LogP contribution is 2.27. The Morgan fingerprint density at radius 2 is 2.12 bits per heavy atom. The summed E-state index contributed by atoms with van der Waals surface area (Å²) in [6.07, 6.45) is 0.825. The maximum Gasteiger partial charge on any atom is 0.250 e. The molecule has 1 aliphatic rings. The molecule has 1 unspecified atom stereocenters. The lowest BCUT2D eigenvalue weighted by atomic mass is 10.1. The summed E-state index contributed by atoms with van der Waals surface area (Å²) in [4.78, 5) is 24.7. The van der Waals surface area contributed by atoms with Crippen LogP contribution in [-0.4, -0.2) is 18.4 Å². The van der Waals surface area contributed by atoms with Crippen molar-refractivity contribution >= 4 is 17.5 Å². The van der Waals surface area contributed by atoms with Crippen LogP contribution in [0.1, 0.15) is 23.7 Å². The van der Waals surface area contributed by atoms with Crippen LogP contribution in [0.5, 0.6) is 0 Å². The van der Waals surface area contributed by atoms with E-state index in [9.17, 15) is 9.59 Å². The normalized spacial score (nSPS) is 20.2. The summed E-state index contributed by atoms with van der Waals surface area (Å²) >= 11 is 0. The Hall–Kier alpha value is -1.84. The first-order valence-electron chi connectivity index (χ1n) is 5.31. The van der Waals surface area contributed by atoms with E-state index >= 15 is 0 Å². The third-order valence-electron chi connectivity index (χ3n) is 2.93. The van der Waals surface area contributed by atoms with Gasteiger partial charge in [-0.25, -0.2) is 0 Å². The number of para-hydroxylation sites is 1. The Bertz CT molecular complexity index is 442. The van der Waals surface area contributed by atoms with E-state index in [4.69, 9.17) is 5.73 Å². The van der Waals surface area contributed by atoms with Crippen molar-refractivity contribution in [3.8, 4) is 0 Å². The third-order valence-corrected chi connectivity index (χ3v) is 2.93. The smallest absolute Gasteiger partial charge is 0.250 e. The minimum Gasteiger partial charge on any atom is -0.366 e. The molecule has 1 atom stereocenters. The minimum atomic E-state index is -0.497. The van der Waals surface area contributed by atoms with E-state index in [2.05, 4.69) is 0 Å². The molecule has 1 aromatic rings. The summed E-state index contributed by atoms with van der Waals surface area (Å²) in [5, 5.41) is 0. The van der Waals surface area contributed by atoms with Gasteiger partial charge in [0.2, 0.25) is 5.91 Å². The number of nitrogens with two attached hydrogens (primary N) is 1. The molecule has 2 amide bonds. The summed E-state index contributed by atoms with van der Waals surface area (Å²) in [5.74, 6) is -0.405. The number of primary amides is 1. The van der Waals surface area contributed by atoms with Crippen LogP contribution in [0.25, 0.3) is 0 Å². The topological polar surface area (TPSA) is 63.4 Å². The standard InChI is InChI=1S/C12H14N2O2/c1-8-6-7-14(12(8)16)10-5-3-2-4-9(10)11(13)15/h2-5,8H,6-7H2,1H3,(H2,13,15). The summed E-state index contributed by atoms with van der Waals surface area (Å²) < 4.78 is 0. The van der Waals surface area contributed by atoms with Crippen molar-refractivity contribution in [1.29, 1.82) is 0 Å². The molecule has 4 heteroatoms. The first-order chi connectivity index (χ1) is 7.61. The average Bonchev–Trinajstić information content (AvgIpc) is 2.60. The van der Waals surface area contributed by atoms with Crippen LogP contribution in [0.15, 0.2) is 24.3 Å². The van der Waals surface area contributed by atoms with Crippen molar-refractivity contribution in [2.75, 3.05) is 11.4 Å². The van der Waals surface area contributed by atoms with Crippen molar-refractivity contribution in [3.05, 3.63) is 29.8 Å². The molecule has 1 aliphatic heterocycles. The van der Waals surface area contributed by atoms with E-state index < -0.39 is 5.91 Å². The highest BCUT2D eigenvalue weighted by atomic mass is 16.2. The number of amides is 2. The van der Waals surface area contributed by atoms with Crippen molar-refractivity contribution in [1.82, 2.24) is 0 Å². The first kappa shape index (κ1) is 10.7. The number of hydrogen-bond donors (Lipinski definition) is 1. The quantitative estimate of drug-likeness (QED) is 0.809. The zero-order chi connectivity index (χ0) is 11.7. The molecule has 2 N–H and O–H groups in total. The van der Waals surface area contributed by atoms with E-state index in [1.54, 1.807) is 29.2 Å². The first-order valence-corrected chi connectivity index (χ1v) is 5.31.